The van der Waals surface area contributed by atoms with Crippen molar-refractivity contribution in [3.63, 3.8) is 0 Å². The van der Waals surface area contributed by atoms with Gasteiger partial charge in [0.2, 0.25) is 0 Å². The molecule has 0 aliphatic rings. The van der Waals surface area contributed by atoms with Gasteiger partial charge in [0, 0.05) is 29.8 Å². The second-order valence-electron chi connectivity index (χ2n) is 5.86. The molecule has 0 atom stereocenters. The van der Waals surface area contributed by atoms with Gasteiger partial charge < -0.3 is 9.52 Å². The van der Waals surface area contributed by atoms with Gasteiger partial charge in [-0.25, -0.2) is 9.78 Å². The summed E-state index contributed by atoms with van der Waals surface area (Å²) in [7, 11) is 1.69. The number of thiophene rings is 1. The molecule has 3 heterocycles. The maximum atomic E-state index is 12.4. The fourth-order valence-electron chi connectivity index (χ4n) is 2.79. The normalized spacial score (nSPS) is 11.5. The second-order valence-corrected chi connectivity index (χ2v) is 7.70. The summed E-state index contributed by atoms with van der Waals surface area (Å²) in [6, 6.07) is 6.52. The number of phenolic OH excluding ortho intramolecular Hbond substituents is 1. The second kappa shape index (κ2) is 6.30. The number of phenols is 1. The van der Waals surface area contributed by atoms with Gasteiger partial charge in [-0.3, -0.25) is 9.36 Å². The Hall–Kier alpha value is -2.58. The number of fused-ring (bicyclic) bond motifs is 2. The van der Waals surface area contributed by atoms with Crippen LogP contribution in [0.25, 0.3) is 21.2 Å². The Morgan fingerprint density at radius 1 is 1.27 bits per heavy atom. The van der Waals surface area contributed by atoms with Crippen LogP contribution in [0.15, 0.2) is 48.8 Å². The largest absolute Gasteiger partial charge is 0.508 e. The Kier molecular flexibility index (Phi) is 4.08. The zero-order chi connectivity index (χ0) is 18.4. The van der Waals surface area contributed by atoms with E-state index in [9.17, 15) is 14.7 Å². The van der Waals surface area contributed by atoms with Crippen LogP contribution >= 0.6 is 23.1 Å². The average molecular weight is 386 g/mol. The van der Waals surface area contributed by atoms with Crippen molar-refractivity contribution < 1.29 is 9.52 Å². The van der Waals surface area contributed by atoms with Gasteiger partial charge in [-0.05, 0) is 36.1 Å². The number of benzene rings is 1. The van der Waals surface area contributed by atoms with Crippen molar-refractivity contribution in [1.82, 2.24) is 9.55 Å². The molecule has 8 heteroatoms. The molecule has 6 nitrogen and oxygen atoms in total. The predicted molar refractivity (Wildman–Crippen MR) is 103 cm³/mol. The first-order valence-corrected chi connectivity index (χ1v) is 9.64. The molecule has 1 N–H and O–H groups in total. The van der Waals surface area contributed by atoms with Crippen LogP contribution in [0.5, 0.6) is 5.75 Å². The van der Waals surface area contributed by atoms with Crippen LogP contribution in [0, 0.1) is 6.92 Å². The predicted octanol–water partition coefficient (Wildman–Crippen LogP) is 3.41. The lowest BCUT2D eigenvalue weighted by Crippen LogP contribution is -2.19. The number of rotatable bonds is 3. The summed E-state index contributed by atoms with van der Waals surface area (Å²) in [5.74, 6) is 0.529. The lowest BCUT2D eigenvalue weighted by molar-refractivity contribution is 0.468. The molecule has 0 saturated carbocycles. The molecule has 0 amide bonds. The van der Waals surface area contributed by atoms with Gasteiger partial charge in [-0.1, -0.05) is 11.8 Å². The van der Waals surface area contributed by atoms with Crippen LogP contribution in [0.2, 0.25) is 0 Å². The average Bonchev–Trinajstić information content (AvgIpc) is 3.09. The number of hydrogen-bond acceptors (Lipinski definition) is 7. The smallest absolute Gasteiger partial charge is 0.336 e. The fraction of sp³-hybridized carbons (Fsp3) is 0.167. The molecule has 0 saturated heterocycles. The first-order valence-electron chi connectivity index (χ1n) is 7.78. The van der Waals surface area contributed by atoms with Gasteiger partial charge in [-0.2, -0.15) is 0 Å². The highest BCUT2D eigenvalue weighted by Gasteiger charge is 2.14. The van der Waals surface area contributed by atoms with Crippen molar-refractivity contribution in [3.05, 3.63) is 61.5 Å². The van der Waals surface area contributed by atoms with Crippen LogP contribution in [0.3, 0.4) is 0 Å². The minimum absolute atomic E-state index is 0.0812. The van der Waals surface area contributed by atoms with E-state index < -0.39 is 5.63 Å². The minimum Gasteiger partial charge on any atom is -0.508 e. The lowest BCUT2D eigenvalue weighted by Gasteiger charge is -2.09. The van der Waals surface area contributed by atoms with Gasteiger partial charge in [0.15, 0.2) is 5.16 Å². The topological polar surface area (TPSA) is 85.3 Å². The SMILES string of the molecule is Cc1c(O)ccc2c(CSc3nc4sccc4c(=O)n3C)cc(=O)oc12. The third-order valence-electron chi connectivity index (χ3n) is 4.24. The zero-order valence-corrected chi connectivity index (χ0v) is 15.6. The molecule has 0 spiro atoms. The standard InChI is InChI=1S/C18H14N2O4S2/c1-9-13(21)4-3-11-10(7-14(22)24-15(9)11)8-26-18-19-16-12(5-6-25-16)17(23)20(18)2/h3-7,21H,8H2,1-2H3. The summed E-state index contributed by atoms with van der Waals surface area (Å²) in [6.45, 7) is 1.70. The number of aromatic hydroxyl groups is 1. The summed E-state index contributed by atoms with van der Waals surface area (Å²) in [5.41, 5.74) is 1.11. The quantitative estimate of drug-likeness (QED) is 0.330. The molecule has 0 aliphatic heterocycles. The van der Waals surface area contributed by atoms with E-state index in [2.05, 4.69) is 4.98 Å². The van der Waals surface area contributed by atoms with E-state index in [1.807, 2.05) is 5.38 Å². The van der Waals surface area contributed by atoms with E-state index >= 15 is 0 Å². The van der Waals surface area contributed by atoms with Crippen LogP contribution in [0.4, 0.5) is 0 Å². The molecular formula is C18H14N2O4S2. The number of aryl methyl sites for hydroxylation is 1. The third kappa shape index (κ3) is 2.71. The lowest BCUT2D eigenvalue weighted by atomic mass is 10.1. The maximum Gasteiger partial charge on any atom is 0.336 e. The third-order valence-corrected chi connectivity index (χ3v) is 6.12. The molecule has 3 aromatic heterocycles. The molecule has 1 aromatic carbocycles. The number of hydrogen-bond donors (Lipinski definition) is 1. The molecular weight excluding hydrogens is 372 g/mol. The van der Waals surface area contributed by atoms with E-state index in [0.29, 0.717) is 32.3 Å². The molecule has 0 fully saturated rings. The van der Waals surface area contributed by atoms with Crippen LogP contribution < -0.4 is 11.2 Å². The Bertz CT molecular complexity index is 1270. The van der Waals surface area contributed by atoms with Crippen LogP contribution in [0.1, 0.15) is 11.1 Å². The number of thioether (sulfide) groups is 1. The van der Waals surface area contributed by atoms with Crippen molar-refractivity contribution in [2.45, 2.75) is 17.8 Å². The molecule has 132 valence electrons. The molecule has 0 bridgehead atoms. The van der Waals surface area contributed by atoms with E-state index in [0.717, 1.165) is 10.9 Å². The van der Waals surface area contributed by atoms with Gasteiger partial charge in [0.25, 0.3) is 5.56 Å². The van der Waals surface area contributed by atoms with Crippen molar-refractivity contribution in [1.29, 1.82) is 0 Å². The Labute approximate surface area is 155 Å². The van der Waals surface area contributed by atoms with Crippen LogP contribution in [-0.2, 0) is 12.8 Å². The zero-order valence-electron chi connectivity index (χ0n) is 14.0. The minimum atomic E-state index is -0.475. The van der Waals surface area contributed by atoms with Crippen molar-refractivity contribution in [2.24, 2.45) is 7.05 Å². The van der Waals surface area contributed by atoms with Crippen LogP contribution in [-0.4, -0.2) is 14.7 Å². The molecule has 4 rings (SSSR count). The van der Waals surface area contributed by atoms with E-state index in [1.54, 1.807) is 32.2 Å². The summed E-state index contributed by atoms with van der Waals surface area (Å²) in [6.07, 6.45) is 0. The maximum absolute atomic E-state index is 12.4. The monoisotopic (exact) mass is 386 g/mol. The Balaban J connectivity index is 1.77. The number of aromatic nitrogens is 2. The highest BCUT2D eigenvalue weighted by atomic mass is 32.2. The Morgan fingerprint density at radius 3 is 2.88 bits per heavy atom. The highest BCUT2D eigenvalue weighted by Crippen LogP contribution is 2.30. The fourth-order valence-corrected chi connectivity index (χ4v) is 4.55. The molecule has 26 heavy (non-hydrogen) atoms. The summed E-state index contributed by atoms with van der Waals surface area (Å²) in [5, 5.41) is 13.6. The summed E-state index contributed by atoms with van der Waals surface area (Å²) < 4.78 is 6.78. The van der Waals surface area contributed by atoms with Gasteiger partial charge in [-0.15, -0.1) is 11.3 Å². The van der Waals surface area contributed by atoms with E-state index in [-0.39, 0.29) is 11.3 Å². The highest BCUT2D eigenvalue weighted by molar-refractivity contribution is 7.98. The van der Waals surface area contributed by atoms with Crippen molar-refractivity contribution in [2.75, 3.05) is 0 Å². The van der Waals surface area contributed by atoms with Gasteiger partial charge >= 0.3 is 5.63 Å². The summed E-state index contributed by atoms with van der Waals surface area (Å²) in [4.78, 5) is 29.6. The first kappa shape index (κ1) is 16.9. The van der Waals surface area contributed by atoms with Crippen molar-refractivity contribution >= 4 is 44.3 Å². The first-order chi connectivity index (χ1) is 12.5. The van der Waals surface area contributed by atoms with E-state index in [1.165, 1.54) is 33.7 Å². The van der Waals surface area contributed by atoms with Gasteiger partial charge in [0.05, 0.1) is 5.39 Å². The van der Waals surface area contributed by atoms with Crippen molar-refractivity contribution in [3.8, 4) is 5.75 Å². The molecule has 0 radical (unpaired) electrons. The molecule has 4 aromatic rings. The van der Waals surface area contributed by atoms with Gasteiger partial charge in [0.1, 0.15) is 16.2 Å². The Morgan fingerprint density at radius 2 is 2.08 bits per heavy atom. The summed E-state index contributed by atoms with van der Waals surface area (Å²) >= 11 is 2.81. The molecule has 0 unspecified atom stereocenters. The van der Waals surface area contributed by atoms with E-state index in [4.69, 9.17) is 4.42 Å². The molecule has 0 aliphatic carbocycles. The number of nitrogens with zero attached hydrogens (tertiary/aromatic N) is 2.